The first kappa shape index (κ1) is 18.9. The minimum absolute atomic E-state index is 0.237. The highest BCUT2D eigenvalue weighted by molar-refractivity contribution is 8.00. The van der Waals surface area contributed by atoms with Crippen LogP contribution < -0.4 is 5.32 Å². The molecule has 3 aromatic rings. The van der Waals surface area contributed by atoms with Gasteiger partial charge in [-0.15, -0.1) is 11.8 Å². The topological polar surface area (TPSA) is 82.5 Å². The molecule has 2 heterocycles. The molecule has 4 rings (SSSR count). The number of carbonyl (C=O) groups excluding carboxylic acids is 1. The molecular formula is C21H22N3O3S+. The Bertz CT molecular complexity index is 1050. The first-order valence-corrected chi connectivity index (χ1v) is 9.86. The van der Waals surface area contributed by atoms with Crippen molar-refractivity contribution < 1.29 is 20.0 Å². The quantitative estimate of drug-likeness (QED) is 0.308. The van der Waals surface area contributed by atoms with Crippen molar-refractivity contribution in [1.29, 1.82) is 0 Å². The second-order valence-electron chi connectivity index (χ2n) is 7.60. The molecule has 0 spiro atoms. The van der Waals surface area contributed by atoms with Gasteiger partial charge in [-0.3, -0.25) is 10.3 Å². The smallest absolute Gasteiger partial charge is 0.269 e. The molecule has 0 aliphatic carbocycles. The molecule has 2 amide bonds. The number of pyridine rings is 1. The molecule has 7 heteroatoms. The summed E-state index contributed by atoms with van der Waals surface area (Å²) < 4.78 is -0.237. The Kier molecular flexibility index (Phi) is 4.63. The van der Waals surface area contributed by atoms with E-state index in [9.17, 15) is 15.2 Å². The van der Waals surface area contributed by atoms with Gasteiger partial charge in [0.05, 0.1) is 5.69 Å². The number of hydrogen-bond acceptors (Lipinski definition) is 5. The SMILES string of the molecule is CC1(C)CC([N+](O)(O)C(=O)Nc2cccc3cnccc23)c2ccccc2S1. The highest BCUT2D eigenvalue weighted by Crippen LogP contribution is 2.50. The number of urea groups is 1. The zero-order valence-electron chi connectivity index (χ0n) is 15.7. The van der Waals surface area contributed by atoms with Crippen LogP contribution in [-0.2, 0) is 0 Å². The normalized spacial score (nSPS) is 18.5. The van der Waals surface area contributed by atoms with Crippen LogP contribution in [0.15, 0.2) is 65.8 Å². The molecule has 1 aromatic heterocycles. The van der Waals surface area contributed by atoms with Crippen LogP contribution in [-0.4, -0.2) is 31.0 Å². The first-order chi connectivity index (χ1) is 13.3. The minimum Gasteiger partial charge on any atom is -0.269 e. The number of carbonyl (C=O) groups is 1. The number of nitrogens with zero attached hydrogens (tertiary/aromatic N) is 2. The number of nitrogens with one attached hydrogen (secondary N) is 1. The Balaban J connectivity index is 1.69. The van der Waals surface area contributed by atoms with E-state index in [1.807, 2.05) is 44.2 Å². The summed E-state index contributed by atoms with van der Waals surface area (Å²) in [6, 6.07) is 13.1. The van der Waals surface area contributed by atoms with Crippen molar-refractivity contribution in [3.05, 3.63) is 66.5 Å². The molecule has 144 valence electrons. The van der Waals surface area contributed by atoms with Crippen molar-refractivity contribution in [2.24, 2.45) is 0 Å². The Morgan fingerprint density at radius 2 is 1.96 bits per heavy atom. The van der Waals surface area contributed by atoms with E-state index < -0.39 is 16.9 Å². The van der Waals surface area contributed by atoms with E-state index in [1.54, 1.807) is 42.4 Å². The third-order valence-corrected chi connectivity index (χ3v) is 6.32. The van der Waals surface area contributed by atoms with Gasteiger partial charge in [-0.25, -0.2) is 0 Å². The second kappa shape index (κ2) is 6.86. The largest absolute Gasteiger partial charge is 0.487 e. The number of anilines is 1. The Hall–Kier alpha value is -2.45. The molecule has 0 radical (unpaired) electrons. The van der Waals surface area contributed by atoms with Crippen molar-refractivity contribution in [3.63, 3.8) is 0 Å². The Morgan fingerprint density at radius 1 is 1.18 bits per heavy atom. The van der Waals surface area contributed by atoms with Gasteiger partial charge in [-0.2, -0.15) is 15.2 Å². The molecule has 28 heavy (non-hydrogen) atoms. The molecule has 1 aliphatic rings. The number of amides is 2. The number of thioether (sulfide) groups is 1. The molecule has 0 saturated carbocycles. The molecule has 0 bridgehead atoms. The molecule has 0 saturated heterocycles. The molecular weight excluding hydrogens is 374 g/mol. The monoisotopic (exact) mass is 396 g/mol. The fourth-order valence-corrected chi connectivity index (χ4v) is 4.96. The fraction of sp³-hybridized carbons (Fsp3) is 0.238. The van der Waals surface area contributed by atoms with Gasteiger partial charge in [0.2, 0.25) is 0 Å². The number of hydrogen-bond donors (Lipinski definition) is 3. The van der Waals surface area contributed by atoms with E-state index in [2.05, 4.69) is 10.3 Å². The minimum atomic E-state index is -1.75. The fourth-order valence-electron chi connectivity index (χ4n) is 3.66. The van der Waals surface area contributed by atoms with Crippen LogP contribution in [0.1, 0.15) is 31.9 Å². The lowest BCUT2D eigenvalue weighted by Gasteiger charge is -2.38. The number of aromatic nitrogens is 1. The molecule has 3 N–H and O–H groups in total. The van der Waals surface area contributed by atoms with Crippen molar-refractivity contribution >= 4 is 34.3 Å². The Morgan fingerprint density at radius 3 is 2.79 bits per heavy atom. The van der Waals surface area contributed by atoms with Crippen LogP contribution in [0.5, 0.6) is 0 Å². The van der Waals surface area contributed by atoms with Gasteiger partial charge in [-0.05, 0) is 18.2 Å². The zero-order valence-corrected chi connectivity index (χ0v) is 16.5. The maximum absolute atomic E-state index is 12.9. The third kappa shape index (κ3) is 3.38. The highest BCUT2D eigenvalue weighted by atomic mass is 32.2. The molecule has 1 aliphatic heterocycles. The number of fused-ring (bicyclic) bond motifs is 2. The molecule has 0 fully saturated rings. The van der Waals surface area contributed by atoms with E-state index in [4.69, 9.17) is 0 Å². The summed E-state index contributed by atoms with van der Waals surface area (Å²) in [7, 11) is 0. The summed E-state index contributed by atoms with van der Waals surface area (Å²) in [5.41, 5.74) is 1.27. The van der Waals surface area contributed by atoms with Gasteiger partial charge < -0.3 is 0 Å². The van der Waals surface area contributed by atoms with Crippen LogP contribution in [0.2, 0.25) is 0 Å². The molecule has 1 atom stereocenters. The standard InChI is InChI=1S/C21H21N3O3S/c1-21(2)12-18(16-7-3-4-9-19(16)28-21)24(26,27)20(25)23-17-8-5-6-14-13-22-11-10-15(14)17/h3-11,13,18,26-27H,12H2,1-2H3/p+1. The van der Waals surface area contributed by atoms with Crippen molar-refractivity contribution in [3.8, 4) is 0 Å². The first-order valence-electron chi connectivity index (χ1n) is 9.04. The molecule has 2 aromatic carbocycles. The zero-order chi connectivity index (χ0) is 19.9. The lowest BCUT2D eigenvalue weighted by Crippen LogP contribution is -2.54. The Labute approximate surface area is 167 Å². The van der Waals surface area contributed by atoms with Crippen molar-refractivity contribution in [1.82, 2.24) is 4.98 Å². The molecule has 6 nitrogen and oxygen atoms in total. The van der Waals surface area contributed by atoms with Gasteiger partial charge in [0.25, 0.3) is 0 Å². The highest BCUT2D eigenvalue weighted by Gasteiger charge is 2.51. The summed E-state index contributed by atoms with van der Waals surface area (Å²) in [6.07, 6.45) is 3.77. The van der Waals surface area contributed by atoms with Gasteiger partial charge in [0.1, 0.15) is 0 Å². The van der Waals surface area contributed by atoms with Gasteiger partial charge in [0, 0.05) is 49.6 Å². The maximum Gasteiger partial charge on any atom is 0.487 e. The summed E-state index contributed by atoms with van der Waals surface area (Å²) in [5.74, 6) is 0. The van der Waals surface area contributed by atoms with Gasteiger partial charge in [0.15, 0.2) is 6.04 Å². The van der Waals surface area contributed by atoms with Crippen LogP contribution in [0.4, 0.5) is 10.5 Å². The summed E-state index contributed by atoms with van der Waals surface area (Å²) >= 11 is 1.68. The summed E-state index contributed by atoms with van der Waals surface area (Å²) in [6.45, 7) is 4.08. The van der Waals surface area contributed by atoms with Gasteiger partial charge >= 0.3 is 6.03 Å². The number of benzene rings is 2. The van der Waals surface area contributed by atoms with E-state index in [-0.39, 0.29) is 4.75 Å². The predicted molar refractivity (Wildman–Crippen MR) is 108 cm³/mol. The summed E-state index contributed by atoms with van der Waals surface area (Å²) in [4.78, 5) is 16.2. The van der Waals surface area contributed by atoms with E-state index in [0.717, 1.165) is 21.2 Å². The van der Waals surface area contributed by atoms with Crippen LogP contribution >= 0.6 is 11.8 Å². The van der Waals surface area contributed by atoms with Crippen LogP contribution in [0.3, 0.4) is 0 Å². The average molecular weight is 396 g/mol. The number of rotatable bonds is 2. The maximum atomic E-state index is 12.9. The van der Waals surface area contributed by atoms with E-state index >= 15 is 0 Å². The second-order valence-corrected chi connectivity index (χ2v) is 9.35. The van der Waals surface area contributed by atoms with Crippen molar-refractivity contribution in [2.75, 3.05) is 5.32 Å². The lowest BCUT2D eigenvalue weighted by atomic mass is 9.95. The number of hydroxylamine groups is 4. The molecule has 1 unspecified atom stereocenters. The summed E-state index contributed by atoms with van der Waals surface area (Å²) in [5, 5.41) is 26.1. The van der Waals surface area contributed by atoms with E-state index in [1.165, 1.54) is 0 Å². The average Bonchev–Trinajstić information content (AvgIpc) is 2.67. The predicted octanol–water partition coefficient (Wildman–Crippen LogP) is 5.38. The lowest BCUT2D eigenvalue weighted by molar-refractivity contribution is -1.21. The van der Waals surface area contributed by atoms with Gasteiger partial charge in [-0.1, -0.05) is 44.2 Å². The number of quaternary nitrogens is 1. The van der Waals surface area contributed by atoms with Crippen LogP contribution in [0.25, 0.3) is 10.8 Å². The third-order valence-electron chi connectivity index (χ3n) is 5.01. The van der Waals surface area contributed by atoms with Crippen molar-refractivity contribution in [2.45, 2.75) is 36.0 Å². The van der Waals surface area contributed by atoms with Crippen LogP contribution in [0, 0.1) is 0 Å². The van der Waals surface area contributed by atoms with E-state index in [0.29, 0.717) is 12.1 Å².